The van der Waals surface area contributed by atoms with Crippen LogP contribution in [0.4, 0.5) is 0 Å². The molecule has 0 aromatic rings. The highest BCUT2D eigenvalue weighted by Gasteiger charge is 2.15. The van der Waals surface area contributed by atoms with Crippen LogP contribution in [-0.2, 0) is 9.59 Å². The summed E-state index contributed by atoms with van der Waals surface area (Å²) in [6, 6.07) is 0. The van der Waals surface area contributed by atoms with Crippen LogP contribution >= 0.6 is 0 Å². The zero-order valence-corrected chi connectivity index (χ0v) is 52.2. The molecule has 0 radical (unpaired) electrons. The Balaban J connectivity index is 4.96. The molecule has 10 nitrogen and oxygen atoms in total. The quantitative estimate of drug-likeness (QED) is 0.0262. The van der Waals surface area contributed by atoms with Crippen molar-refractivity contribution in [1.82, 2.24) is 31.1 Å². The van der Waals surface area contributed by atoms with Crippen LogP contribution < -0.4 is 21.3 Å². The lowest BCUT2D eigenvalue weighted by molar-refractivity contribution is -0.121. The molecule has 0 aromatic heterocycles. The molecule has 2 amide bonds. The minimum Gasteiger partial charge on any atom is -0.390 e. The lowest BCUT2D eigenvalue weighted by Gasteiger charge is -2.27. The summed E-state index contributed by atoms with van der Waals surface area (Å²) in [7, 11) is 0. The number of hydrogen-bond acceptors (Lipinski definition) is 8. The molecule has 0 aromatic carbocycles. The fourth-order valence-corrected chi connectivity index (χ4v) is 10.7. The fourth-order valence-electron chi connectivity index (χ4n) is 10.7. The van der Waals surface area contributed by atoms with E-state index >= 15 is 0 Å². The third-order valence-electron chi connectivity index (χ3n) is 15.7. The summed E-state index contributed by atoms with van der Waals surface area (Å²) < 4.78 is 0. The Morgan fingerprint density at radius 2 is 0.584 bits per heavy atom. The fraction of sp³-hybridized carbons (Fsp3) is 0.940. The molecule has 2 atom stereocenters. The average molecular weight is 1090 g/mol. The van der Waals surface area contributed by atoms with Gasteiger partial charge in [-0.25, -0.2) is 0 Å². The molecule has 0 heterocycles. The number of rotatable bonds is 65. The molecular weight excluding hydrogens is 953 g/mol. The first kappa shape index (κ1) is 75.4. The summed E-state index contributed by atoms with van der Waals surface area (Å²) in [5.41, 5.74) is 0. The number of amides is 2. The van der Waals surface area contributed by atoms with Gasteiger partial charge in [0.25, 0.3) is 0 Å². The number of nitrogens with zero attached hydrogens (tertiary/aromatic N) is 2. The van der Waals surface area contributed by atoms with Crippen LogP contribution in [0, 0.1) is 0 Å². The first-order valence-corrected chi connectivity index (χ1v) is 34.3. The molecule has 10 heteroatoms. The summed E-state index contributed by atoms with van der Waals surface area (Å²) in [6.07, 6.45) is 60.0. The van der Waals surface area contributed by atoms with E-state index in [2.05, 4.69) is 70.9 Å². The molecule has 6 N–H and O–H groups in total. The summed E-state index contributed by atoms with van der Waals surface area (Å²) in [6.45, 7) is 18.0. The van der Waals surface area contributed by atoms with Crippen LogP contribution in [0.15, 0.2) is 12.2 Å². The van der Waals surface area contributed by atoms with E-state index in [4.69, 9.17) is 0 Å². The number of carbonyl (C=O) groups is 2. The third-order valence-corrected chi connectivity index (χ3v) is 15.7. The Morgan fingerprint density at radius 1 is 0.338 bits per heavy atom. The lowest BCUT2D eigenvalue weighted by atomic mass is 10.1. The largest absolute Gasteiger partial charge is 0.390 e. The predicted molar refractivity (Wildman–Crippen MR) is 336 cm³/mol. The van der Waals surface area contributed by atoms with Crippen molar-refractivity contribution < 1.29 is 19.8 Å². The second kappa shape index (κ2) is 63.6. The minimum absolute atomic E-state index is 0.0940. The number of allylic oxidation sites excluding steroid dienone is 2. The van der Waals surface area contributed by atoms with Gasteiger partial charge in [0.1, 0.15) is 0 Å². The highest BCUT2D eigenvalue weighted by Crippen LogP contribution is 2.15. The van der Waals surface area contributed by atoms with Gasteiger partial charge in [0.2, 0.25) is 11.8 Å². The number of unbranched alkanes of at least 4 members (excludes halogenated alkanes) is 37. The van der Waals surface area contributed by atoms with E-state index in [0.717, 1.165) is 65.0 Å². The van der Waals surface area contributed by atoms with Gasteiger partial charge >= 0.3 is 0 Å². The Bertz CT molecular complexity index is 1210. The number of aliphatic hydroxyl groups is 2. The van der Waals surface area contributed by atoms with Crippen molar-refractivity contribution in [1.29, 1.82) is 0 Å². The maximum absolute atomic E-state index is 12.6. The molecule has 0 spiro atoms. The van der Waals surface area contributed by atoms with Gasteiger partial charge in [-0.05, 0) is 90.4 Å². The summed E-state index contributed by atoms with van der Waals surface area (Å²) in [5.74, 6) is 0.193. The van der Waals surface area contributed by atoms with Gasteiger partial charge in [0.15, 0.2) is 0 Å². The molecule has 0 saturated carbocycles. The van der Waals surface area contributed by atoms with Crippen molar-refractivity contribution in [2.45, 2.75) is 329 Å². The maximum atomic E-state index is 12.6. The minimum atomic E-state index is -0.478. The van der Waals surface area contributed by atoms with Gasteiger partial charge in [-0.15, -0.1) is 0 Å². The Morgan fingerprint density at radius 3 is 0.896 bits per heavy atom. The first-order chi connectivity index (χ1) is 37.9. The smallest absolute Gasteiger partial charge is 0.221 e. The first-order valence-electron chi connectivity index (χ1n) is 34.3. The molecule has 2 unspecified atom stereocenters. The van der Waals surface area contributed by atoms with Crippen LogP contribution in [0.5, 0.6) is 0 Å². The van der Waals surface area contributed by atoms with Crippen LogP contribution in [0.25, 0.3) is 0 Å². The molecule has 0 bridgehead atoms. The second-order valence-corrected chi connectivity index (χ2v) is 23.6. The second-order valence-electron chi connectivity index (χ2n) is 23.6. The van der Waals surface area contributed by atoms with Crippen molar-refractivity contribution in [3.8, 4) is 0 Å². The van der Waals surface area contributed by atoms with Crippen molar-refractivity contribution in [3.63, 3.8) is 0 Å². The molecule has 0 aliphatic heterocycles. The zero-order chi connectivity index (χ0) is 56.0. The van der Waals surface area contributed by atoms with E-state index in [9.17, 15) is 19.8 Å². The number of aliphatic hydroxyl groups excluding tert-OH is 2. The maximum Gasteiger partial charge on any atom is 0.221 e. The molecule has 0 fully saturated rings. The predicted octanol–water partition coefficient (Wildman–Crippen LogP) is 15.9. The molecule has 0 rings (SSSR count). The number of nitrogens with one attached hydrogen (secondary N) is 4. The van der Waals surface area contributed by atoms with E-state index < -0.39 is 12.2 Å². The molecule has 458 valence electrons. The van der Waals surface area contributed by atoms with E-state index in [1.807, 2.05) is 0 Å². The van der Waals surface area contributed by atoms with Crippen molar-refractivity contribution in [2.75, 3.05) is 78.5 Å². The molecule has 0 saturated heterocycles. The summed E-state index contributed by atoms with van der Waals surface area (Å²) in [4.78, 5) is 29.9. The van der Waals surface area contributed by atoms with Crippen molar-refractivity contribution in [2.24, 2.45) is 0 Å². The van der Waals surface area contributed by atoms with Gasteiger partial charge in [-0.3, -0.25) is 9.59 Å². The van der Waals surface area contributed by atoms with E-state index in [1.54, 1.807) is 0 Å². The average Bonchev–Trinajstić information content (AvgIpc) is 3.42. The SMILES string of the molecule is CCCCCC/C=C/CCCCCCCCNC(=O)CCNCC(O)CN(CCCCCCCCCCCCCC)CCCCN(CCCCCCCCCCCCCC)CC(O)CNCCC(=O)NCCCCCCC. The van der Waals surface area contributed by atoms with Gasteiger partial charge in [0.05, 0.1) is 12.2 Å². The van der Waals surface area contributed by atoms with E-state index in [0.29, 0.717) is 52.1 Å². The van der Waals surface area contributed by atoms with Crippen LogP contribution in [0.2, 0.25) is 0 Å². The van der Waals surface area contributed by atoms with E-state index in [1.165, 1.54) is 250 Å². The van der Waals surface area contributed by atoms with E-state index in [-0.39, 0.29) is 11.8 Å². The molecule has 0 aliphatic carbocycles. The standard InChI is InChI=1S/C67H136N6O4/c1-5-9-13-17-20-23-26-29-30-31-34-37-41-45-53-71-67(77)51-55-69-61-65(75)63-73(57-47-43-39-36-33-28-25-22-19-15-11-7-3)59-49-48-58-72(56-46-42-38-35-32-27-24-21-18-14-10-6-2)62-64(74)60-68-54-50-66(76)70-52-44-40-16-12-8-4/h23,26,64-65,68-69,74-75H,5-22,24-25,27-63H2,1-4H3,(H,70,76)(H,71,77)/b26-23+. The topological polar surface area (TPSA) is 129 Å². The number of carbonyl (C=O) groups excluding carboxylic acids is 2. The Labute approximate surface area is 480 Å². The van der Waals surface area contributed by atoms with Crippen LogP contribution in [0.3, 0.4) is 0 Å². The Hall–Kier alpha value is -1.56. The van der Waals surface area contributed by atoms with Crippen LogP contribution in [-0.4, -0.2) is 123 Å². The molecule has 77 heavy (non-hydrogen) atoms. The zero-order valence-electron chi connectivity index (χ0n) is 52.2. The third kappa shape index (κ3) is 60.4. The molecular formula is C67H136N6O4. The van der Waals surface area contributed by atoms with Crippen LogP contribution in [0.1, 0.15) is 317 Å². The molecule has 0 aliphatic rings. The van der Waals surface area contributed by atoms with Gasteiger partial charge < -0.3 is 41.3 Å². The highest BCUT2D eigenvalue weighted by molar-refractivity contribution is 5.76. The normalized spacial score (nSPS) is 12.7. The number of hydrogen-bond donors (Lipinski definition) is 6. The summed E-state index contributed by atoms with van der Waals surface area (Å²) in [5, 5.41) is 35.3. The monoisotopic (exact) mass is 1090 g/mol. The highest BCUT2D eigenvalue weighted by atomic mass is 16.3. The van der Waals surface area contributed by atoms with Gasteiger partial charge in [0, 0.05) is 65.2 Å². The van der Waals surface area contributed by atoms with Gasteiger partial charge in [-0.2, -0.15) is 0 Å². The summed E-state index contributed by atoms with van der Waals surface area (Å²) >= 11 is 0. The Kier molecular flexibility index (Phi) is 62.3. The van der Waals surface area contributed by atoms with Gasteiger partial charge in [-0.1, -0.05) is 252 Å². The lowest BCUT2D eigenvalue weighted by Crippen LogP contribution is -2.41. The van der Waals surface area contributed by atoms with Crippen molar-refractivity contribution >= 4 is 11.8 Å². The van der Waals surface area contributed by atoms with Crippen molar-refractivity contribution in [3.05, 3.63) is 12.2 Å².